The molecule has 2 aromatic heterocycles. The molecule has 0 atom stereocenters. The minimum absolute atomic E-state index is 0.185. The number of rotatable bonds is 4. The van der Waals surface area contributed by atoms with E-state index in [4.69, 9.17) is 5.21 Å². The summed E-state index contributed by atoms with van der Waals surface area (Å²) in [5.74, 6) is -0.895. The van der Waals surface area contributed by atoms with Crippen molar-refractivity contribution in [1.82, 2.24) is 4.40 Å². The molecule has 6 heteroatoms. The minimum Gasteiger partial charge on any atom is -0.477 e. The van der Waals surface area contributed by atoms with Crippen molar-refractivity contribution in [2.24, 2.45) is 5.16 Å². The molecule has 0 amide bonds. The predicted molar refractivity (Wildman–Crippen MR) is 107 cm³/mol. The molecule has 0 saturated heterocycles. The fraction of sp³-hybridized carbons (Fsp3) is 0.227. The summed E-state index contributed by atoms with van der Waals surface area (Å²) >= 11 is 0. The lowest BCUT2D eigenvalue weighted by Gasteiger charge is -2.15. The van der Waals surface area contributed by atoms with E-state index in [1.165, 1.54) is 4.40 Å². The summed E-state index contributed by atoms with van der Waals surface area (Å²) < 4.78 is 1.47. The van der Waals surface area contributed by atoms with Gasteiger partial charge in [-0.1, -0.05) is 29.4 Å². The highest BCUT2D eigenvalue weighted by atomic mass is 16.4. The first kappa shape index (κ1) is 18.0. The Labute approximate surface area is 161 Å². The van der Waals surface area contributed by atoms with Crippen LogP contribution in [-0.4, -0.2) is 26.4 Å². The van der Waals surface area contributed by atoms with Gasteiger partial charge in [-0.3, -0.25) is 9.20 Å². The molecule has 2 heterocycles. The molecule has 1 aliphatic rings. The molecule has 0 spiro atoms. The summed E-state index contributed by atoms with van der Waals surface area (Å²) in [5.41, 5.74) is 5.29. The lowest BCUT2D eigenvalue weighted by atomic mass is 9.95. The first-order chi connectivity index (χ1) is 13.4. The number of benzene rings is 1. The Kier molecular flexibility index (Phi) is 4.26. The number of pyridine rings is 2. The highest BCUT2D eigenvalue weighted by molar-refractivity contribution is 5.98. The number of oxime groups is 1. The van der Waals surface area contributed by atoms with Crippen molar-refractivity contribution in [2.75, 3.05) is 0 Å². The van der Waals surface area contributed by atoms with Crippen molar-refractivity contribution in [2.45, 2.75) is 32.6 Å². The Hall–Kier alpha value is -3.41. The van der Waals surface area contributed by atoms with Gasteiger partial charge in [0, 0.05) is 6.20 Å². The van der Waals surface area contributed by atoms with Gasteiger partial charge in [-0.2, -0.15) is 0 Å². The third-order valence-corrected chi connectivity index (χ3v) is 5.42. The van der Waals surface area contributed by atoms with Crippen LogP contribution in [0.5, 0.6) is 0 Å². The van der Waals surface area contributed by atoms with Gasteiger partial charge in [0.15, 0.2) is 0 Å². The van der Waals surface area contributed by atoms with Gasteiger partial charge in [-0.05, 0) is 72.6 Å². The smallest absolute Gasteiger partial charge is 0.341 e. The van der Waals surface area contributed by atoms with Crippen molar-refractivity contribution < 1.29 is 15.1 Å². The van der Waals surface area contributed by atoms with Crippen molar-refractivity contribution in [3.05, 3.63) is 75.2 Å². The van der Waals surface area contributed by atoms with E-state index in [0.29, 0.717) is 11.6 Å². The summed E-state index contributed by atoms with van der Waals surface area (Å²) in [5, 5.41) is 21.6. The molecule has 4 rings (SSSR count). The van der Waals surface area contributed by atoms with Gasteiger partial charge >= 0.3 is 5.97 Å². The van der Waals surface area contributed by atoms with Crippen LogP contribution in [0.4, 0.5) is 0 Å². The zero-order chi connectivity index (χ0) is 20.0. The summed E-state index contributed by atoms with van der Waals surface area (Å²) in [7, 11) is 0. The van der Waals surface area contributed by atoms with Gasteiger partial charge in [0.2, 0.25) is 0 Å². The molecule has 0 radical (unpaired) electrons. The number of nitrogens with zero attached hydrogens (tertiary/aromatic N) is 2. The van der Waals surface area contributed by atoms with Crippen LogP contribution in [0.25, 0.3) is 16.6 Å². The molecule has 1 fully saturated rings. The van der Waals surface area contributed by atoms with Crippen LogP contribution in [0.3, 0.4) is 0 Å². The molecular formula is C22H20N2O4. The molecule has 3 aromatic rings. The van der Waals surface area contributed by atoms with Gasteiger partial charge in [-0.15, -0.1) is 0 Å². The average molecular weight is 376 g/mol. The van der Waals surface area contributed by atoms with Crippen LogP contribution in [-0.2, 0) is 0 Å². The maximum absolute atomic E-state index is 12.7. The maximum Gasteiger partial charge on any atom is 0.341 e. The SMILES string of the molecule is CC(=NO)c1ccc(-c2ccn3c(=O)c(C(=O)O)cc(C4CC4)c3c2C)cc1. The third-order valence-electron chi connectivity index (χ3n) is 5.42. The van der Waals surface area contributed by atoms with E-state index in [1.54, 1.807) is 19.2 Å². The minimum atomic E-state index is -1.19. The molecule has 28 heavy (non-hydrogen) atoms. The molecule has 0 aliphatic heterocycles. The van der Waals surface area contributed by atoms with Gasteiger partial charge in [-0.25, -0.2) is 4.79 Å². The second-order valence-corrected chi connectivity index (χ2v) is 7.23. The van der Waals surface area contributed by atoms with Gasteiger partial charge < -0.3 is 10.3 Å². The highest BCUT2D eigenvalue weighted by Gasteiger charge is 2.29. The fourth-order valence-electron chi connectivity index (χ4n) is 3.72. The van der Waals surface area contributed by atoms with E-state index < -0.39 is 11.5 Å². The average Bonchev–Trinajstić information content (AvgIpc) is 3.53. The summed E-state index contributed by atoms with van der Waals surface area (Å²) in [6, 6.07) is 11.1. The molecule has 1 saturated carbocycles. The lowest BCUT2D eigenvalue weighted by Crippen LogP contribution is -2.23. The predicted octanol–water partition coefficient (Wildman–Crippen LogP) is 4.05. The molecule has 2 N–H and O–H groups in total. The number of fused-ring (bicyclic) bond motifs is 1. The van der Waals surface area contributed by atoms with Crippen LogP contribution >= 0.6 is 0 Å². The number of hydrogen-bond donors (Lipinski definition) is 2. The third kappa shape index (κ3) is 2.87. The Morgan fingerprint density at radius 3 is 2.43 bits per heavy atom. The molecule has 142 valence electrons. The molecule has 0 unspecified atom stereocenters. The lowest BCUT2D eigenvalue weighted by molar-refractivity contribution is 0.0694. The Morgan fingerprint density at radius 1 is 1.18 bits per heavy atom. The largest absolute Gasteiger partial charge is 0.477 e. The quantitative estimate of drug-likeness (QED) is 0.408. The van der Waals surface area contributed by atoms with E-state index >= 15 is 0 Å². The monoisotopic (exact) mass is 376 g/mol. The van der Waals surface area contributed by atoms with Crippen molar-refractivity contribution in [3.63, 3.8) is 0 Å². The van der Waals surface area contributed by atoms with E-state index in [2.05, 4.69) is 5.16 Å². The standard InChI is InChI=1S/C22H20N2O4/c1-12-17(15-5-3-14(4-6-15)13(2)23-28)9-10-24-20(12)18(16-7-8-16)11-19(21(24)25)22(26)27/h3-6,9-11,16,28H,7-8H2,1-2H3,(H,26,27). The number of aryl methyl sites for hydroxylation is 1. The first-order valence-electron chi connectivity index (χ1n) is 9.14. The van der Waals surface area contributed by atoms with Crippen LogP contribution in [0.1, 0.15) is 52.7 Å². The van der Waals surface area contributed by atoms with Crippen molar-refractivity contribution in [3.8, 4) is 11.1 Å². The number of carboxylic acids is 1. The molecule has 1 aliphatic carbocycles. The maximum atomic E-state index is 12.7. The number of hydrogen-bond acceptors (Lipinski definition) is 4. The fourth-order valence-corrected chi connectivity index (χ4v) is 3.72. The van der Waals surface area contributed by atoms with Crippen molar-refractivity contribution in [1.29, 1.82) is 0 Å². The Balaban J connectivity index is 1.94. The van der Waals surface area contributed by atoms with E-state index in [0.717, 1.165) is 46.2 Å². The number of carbonyl (C=O) groups is 1. The first-order valence-corrected chi connectivity index (χ1v) is 9.14. The molecule has 6 nitrogen and oxygen atoms in total. The number of carboxylic acid groups (broad SMARTS) is 1. The van der Waals surface area contributed by atoms with Crippen LogP contribution < -0.4 is 5.56 Å². The van der Waals surface area contributed by atoms with Crippen LogP contribution in [0, 0.1) is 6.92 Å². The Bertz CT molecular complexity index is 1190. The highest BCUT2D eigenvalue weighted by Crippen LogP contribution is 2.43. The zero-order valence-electron chi connectivity index (χ0n) is 15.6. The number of aromatic nitrogens is 1. The van der Waals surface area contributed by atoms with E-state index in [1.807, 2.05) is 37.3 Å². The summed E-state index contributed by atoms with van der Waals surface area (Å²) in [4.78, 5) is 24.2. The normalized spacial score (nSPS) is 14.4. The second-order valence-electron chi connectivity index (χ2n) is 7.23. The summed E-state index contributed by atoms with van der Waals surface area (Å²) in [6.07, 6.45) is 3.67. The second kappa shape index (κ2) is 6.64. The Morgan fingerprint density at radius 2 is 1.86 bits per heavy atom. The van der Waals surface area contributed by atoms with Gasteiger partial charge in [0.1, 0.15) is 5.56 Å². The molecule has 0 bridgehead atoms. The van der Waals surface area contributed by atoms with Crippen molar-refractivity contribution >= 4 is 17.2 Å². The van der Waals surface area contributed by atoms with Gasteiger partial charge in [0.25, 0.3) is 5.56 Å². The van der Waals surface area contributed by atoms with E-state index in [9.17, 15) is 14.7 Å². The summed E-state index contributed by atoms with van der Waals surface area (Å²) in [6.45, 7) is 3.69. The molecular weight excluding hydrogens is 356 g/mol. The van der Waals surface area contributed by atoms with Crippen LogP contribution in [0.2, 0.25) is 0 Å². The van der Waals surface area contributed by atoms with Gasteiger partial charge in [0.05, 0.1) is 11.2 Å². The molecule has 1 aromatic carbocycles. The zero-order valence-corrected chi connectivity index (χ0v) is 15.6. The number of aromatic carboxylic acids is 1. The van der Waals surface area contributed by atoms with E-state index in [-0.39, 0.29) is 5.56 Å². The van der Waals surface area contributed by atoms with Crippen LogP contribution in [0.15, 0.2) is 52.5 Å². The topological polar surface area (TPSA) is 91.4 Å².